The Morgan fingerprint density at radius 2 is 0.729 bits per heavy atom. The van der Waals surface area contributed by atoms with E-state index in [2.05, 4.69) is 38.2 Å². The molecule has 0 saturated heterocycles. The largest absolute Gasteiger partial charge is 0.472 e. The normalized spacial score (nSPS) is 13.4. The molecule has 0 aliphatic heterocycles. The van der Waals surface area contributed by atoms with Gasteiger partial charge in [-0.1, -0.05) is 244 Å². The van der Waals surface area contributed by atoms with Crippen molar-refractivity contribution in [2.24, 2.45) is 0 Å². The van der Waals surface area contributed by atoms with Crippen LogP contribution in [0.15, 0.2) is 24.3 Å². The van der Waals surface area contributed by atoms with Crippen LogP contribution in [0.5, 0.6) is 0 Å². The summed E-state index contributed by atoms with van der Waals surface area (Å²) < 4.78 is 34.6. The first kappa shape index (κ1) is 68.5. The third-order valence-corrected chi connectivity index (χ3v) is 14.4. The topological polar surface area (TPSA) is 108 Å². The first-order chi connectivity index (χ1) is 34.0. The van der Waals surface area contributed by atoms with Crippen LogP contribution < -0.4 is 0 Å². The molecule has 2 unspecified atom stereocenters. The lowest BCUT2D eigenvalue weighted by Gasteiger charge is -2.24. The predicted octanol–water partition coefficient (Wildman–Crippen LogP) is 18.6. The summed E-state index contributed by atoms with van der Waals surface area (Å²) >= 11 is 0. The second-order valence-electron chi connectivity index (χ2n) is 21.7. The third kappa shape index (κ3) is 55.8. The summed E-state index contributed by atoms with van der Waals surface area (Å²) in [7, 11) is 1.49. The number of hydrogen-bond acceptors (Lipinski definition) is 7. The summed E-state index contributed by atoms with van der Waals surface area (Å²) in [5.74, 6) is -0.785. The first-order valence-electron chi connectivity index (χ1n) is 30.1. The van der Waals surface area contributed by atoms with E-state index in [9.17, 15) is 19.0 Å². The van der Waals surface area contributed by atoms with Gasteiger partial charge in [0.25, 0.3) is 0 Å². The van der Waals surface area contributed by atoms with Gasteiger partial charge in [-0.05, 0) is 64.2 Å². The van der Waals surface area contributed by atoms with Gasteiger partial charge in [-0.3, -0.25) is 18.6 Å². The number of rotatable bonds is 56. The average Bonchev–Trinajstić information content (AvgIpc) is 3.32. The Balaban J connectivity index is 4.12. The molecule has 0 amide bonds. The van der Waals surface area contributed by atoms with Crippen LogP contribution in [0, 0.1) is 0 Å². The van der Waals surface area contributed by atoms with Crippen LogP contribution in [0.3, 0.4) is 0 Å². The molecule has 0 rings (SSSR count). The Hall–Kier alpha value is -1.51. The van der Waals surface area contributed by atoms with Crippen molar-refractivity contribution in [1.29, 1.82) is 0 Å². The third-order valence-electron chi connectivity index (χ3n) is 13.5. The number of carbonyl (C=O) groups excluding carboxylic acids is 2. The standard InChI is InChI=1S/C60H116NO8P/c1-6-8-10-12-14-16-18-20-22-24-26-28-29-30-31-33-35-37-39-41-43-45-47-49-51-53-60(63)69-58(57-68-70(64,65)67-55-54-61(3,4)5)56-66-59(62)52-50-48-46-44-42-40-38-36-34-32-27-25-23-21-19-17-15-13-11-9-7-2/h24-27,58H,6-23,28-57H2,1-5H3/p+1/b26-24-,27-25-. The van der Waals surface area contributed by atoms with Crippen LogP contribution >= 0.6 is 7.82 Å². The van der Waals surface area contributed by atoms with Crippen LogP contribution in [-0.4, -0.2) is 74.9 Å². The van der Waals surface area contributed by atoms with Crippen LogP contribution in [0.2, 0.25) is 0 Å². The zero-order valence-electron chi connectivity index (χ0n) is 47.0. The number of allylic oxidation sites excluding steroid dienone is 4. The van der Waals surface area contributed by atoms with Crippen molar-refractivity contribution >= 4 is 19.8 Å². The minimum Gasteiger partial charge on any atom is -0.462 e. The maximum absolute atomic E-state index is 12.8. The number of nitrogens with zero attached hydrogens (tertiary/aromatic N) is 1. The molecule has 0 aromatic carbocycles. The highest BCUT2D eigenvalue weighted by molar-refractivity contribution is 7.47. The number of hydrogen-bond donors (Lipinski definition) is 1. The maximum Gasteiger partial charge on any atom is 0.472 e. The molecule has 0 saturated carbocycles. The van der Waals surface area contributed by atoms with Gasteiger partial charge in [0.2, 0.25) is 0 Å². The molecule has 2 atom stereocenters. The SMILES string of the molecule is CCCCCCCCCC/C=C\CCCCCCCCCCCCCCCC(=O)OC(COC(=O)CCCCCCCCCCC/C=C\CCCCCCCCCC)COP(=O)(O)OCC[N+](C)(C)C. The summed E-state index contributed by atoms with van der Waals surface area (Å²) in [6.07, 6.45) is 62.5. The molecule has 414 valence electrons. The van der Waals surface area contributed by atoms with Crippen molar-refractivity contribution in [1.82, 2.24) is 0 Å². The molecule has 0 bridgehead atoms. The summed E-state index contributed by atoms with van der Waals surface area (Å²) in [5.41, 5.74) is 0. The van der Waals surface area contributed by atoms with Crippen molar-refractivity contribution in [3.8, 4) is 0 Å². The number of phosphoric ester groups is 1. The van der Waals surface area contributed by atoms with Gasteiger partial charge in [0.1, 0.15) is 19.8 Å². The molecule has 70 heavy (non-hydrogen) atoms. The van der Waals surface area contributed by atoms with E-state index in [0.29, 0.717) is 23.9 Å². The molecule has 0 aromatic heterocycles. The maximum atomic E-state index is 12.8. The van der Waals surface area contributed by atoms with Crippen LogP contribution in [0.4, 0.5) is 0 Å². The lowest BCUT2D eigenvalue weighted by Crippen LogP contribution is -2.37. The van der Waals surface area contributed by atoms with Crippen molar-refractivity contribution in [2.75, 3.05) is 47.5 Å². The van der Waals surface area contributed by atoms with E-state index < -0.39 is 26.5 Å². The lowest BCUT2D eigenvalue weighted by molar-refractivity contribution is -0.870. The highest BCUT2D eigenvalue weighted by Gasteiger charge is 2.27. The highest BCUT2D eigenvalue weighted by Crippen LogP contribution is 2.43. The minimum absolute atomic E-state index is 0.0337. The zero-order chi connectivity index (χ0) is 51.3. The monoisotopic (exact) mass is 1010 g/mol. The van der Waals surface area contributed by atoms with Gasteiger partial charge in [0, 0.05) is 12.8 Å². The number of ether oxygens (including phenoxy) is 2. The fourth-order valence-electron chi connectivity index (χ4n) is 8.77. The van der Waals surface area contributed by atoms with Crippen LogP contribution in [0.1, 0.15) is 296 Å². The van der Waals surface area contributed by atoms with Gasteiger partial charge in [-0.25, -0.2) is 4.57 Å². The van der Waals surface area contributed by atoms with E-state index in [4.69, 9.17) is 18.5 Å². The molecular weight excluding hydrogens is 894 g/mol. The number of carbonyl (C=O) groups is 2. The smallest absolute Gasteiger partial charge is 0.462 e. The fourth-order valence-corrected chi connectivity index (χ4v) is 9.51. The molecule has 0 aromatic rings. The molecule has 9 nitrogen and oxygen atoms in total. The quantitative estimate of drug-likeness (QED) is 0.0211. The zero-order valence-corrected chi connectivity index (χ0v) is 47.9. The van der Waals surface area contributed by atoms with Gasteiger partial charge >= 0.3 is 19.8 Å². The van der Waals surface area contributed by atoms with E-state index in [1.807, 2.05) is 21.1 Å². The summed E-state index contributed by atoms with van der Waals surface area (Å²) in [6, 6.07) is 0. The number of quaternary nitrogens is 1. The summed E-state index contributed by atoms with van der Waals surface area (Å²) in [5, 5.41) is 0. The van der Waals surface area contributed by atoms with Crippen molar-refractivity contribution < 1.29 is 42.1 Å². The first-order valence-corrected chi connectivity index (χ1v) is 31.6. The number of esters is 2. The van der Waals surface area contributed by atoms with Crippen molar-refractivity contribution in [2.45, 2.75) is 302 Å². The molecular formula is C60H117NO8P+. The molecule has 0 heterocycles. The number of likely N-dealkylation sites (N-methyl/N-ethyl adjacent to an activating group) is 1. The molecule has 0 radical (unpaired) electrons. The lowest BCUT2D eigenvalue weighted by atomic mass is 10.0. The van der Waals surface area contributed by atoms with E-state index in [0.717, 1.165) is 32.1 Å². The summed E-state index contributed by atoms with van der Waals surface area (Å²) in [4.78, 5) is 35.7. The van der Waals surface area contributed by atoms with Gasteiger partial charge < -0.3 is 18.9 Å². The molecule has 0 spiro atoms. The fraction of sp³-hybridized carbons (Fsp3) is 0.900. The second kappa shape index (κ2) is 52.4. The Labute approximate surface area is 434 Å². The second-order valence-corrected chi connectivity index (χ2v) is 23.2. The predicted molar refractivity (Wildman–Crippen MR) is 298 cm³/mol. The minimum atomic E-state index is -4.38. The number of unbranched alkanes of at least 4 members (excludes halogenated alkanes) is 38. The Morgan fingerprint density at radius 3 is 1.06 bits per heavy atom. The summed E-state index contributed by atoms with van der Waals surface area (Å²) in [6.45, 7) is 4.48. The van der Waals surface area contributed by atoms with Crippen molar-refractivity contribution in [3.63, 3.8) is 0 Å². The van der Waals surface area contributed by atoms with Crippen LogP contribution in [0.25, 0.3) is 0 Å². The Bertz CT molecular complexity index is 1240. The van der Waals surface area contributed by atoms with E-state index >= 15 is 0 Å². The van der Waals surface area contributed by atoms with E-state index in [1.54, 1.807) is 0 Å². The van der Waals surface area contributed by atoms with E-state index in [-0.39, 0.29) is 25.6 Å². The van der Waals surface area contributed by atoms with Gasteiger partial charge in [-0.2, -0.15) is 0 Å². The molecule has 10 heteroatoms. The van der Waals surface area contributed by atoms with Gasteiger partial charge in [0.15, 0.2) is 6.10 Å². The van der Waals surface area contributed by atoms with Crippen LogP contribution in [-0.2, 0) is 32.7 Å². The van der Waals surface area contributed by atoms with Crippen molar-refractivity contribution in [3.05, 3.63) is 24.3 Å². The molecule has 0 aliphatic rings. The van der Waals surface area contributed by atoms with Gasteiger partial charge in [0.05, 0.1) is 27.7 Å². The van der Waals surface area contributed by atoms with Gasteiger partial charge in [-0.15, -0.1) is 0 Å². The Kier molecular flexibility index (Phi) is 51.2. The average molecular weight is 1010 g/mol. The Morgan fingerprint density at radius 1 is 0.429 bits per heavy atom. The molecule has 0 aliphatic carbocycles. The van der Waals surface area contributed by atoms with E-state index in [1.165, 1.54) is 231 Å². The molecule has 1 N–H and O–H groups in total. The molecule has 0 fully saturated rings. The number of phosphoric acid groups is 1. The highest BCUT2D eigenvalue weighted by atomic mass is 31.2.